The van der Waals surface area contributed by atoms with Crippen LogP contribution in [0.3, 0.4) is 0 Å². The Morgan fingerprint density at radius 2 is 0.831 bits per heavy atom. The van der Waals surface area contributed by atoms with Gasteiger partial charge in [-0.3, -0.25) is 4.79 Å². The quantitative estimate of drug-likeness (QED) is 0.0204. The van der Waals surface area contributed by atoms with Crippen LogP contribution in [0.1, 0.15) is 264 Å². The van der Waals surface area contributed by atoms with Gasteiger partial charge >= 0.3 is 0 Å². The highest BCUT2D eigenvalue weighted by atomic mass is 16.7. The van der Waals surface area contributed by atoms with Crippen LogP contribution in [0.25, 0.3) is 0 Å². The van der Waals surface area contributed by atoms with E-state index in [2.05, 4.69) is 43.5 Å². The summed E-state index contributed by atoms with van der Waals surface area (Å²) in [7, 11) is 0. The molecule has 0 aromatic carbocycles. The summed E-state index contributed by atoms with van der Waals surface area (Å²) in [4.78, 5) is 13.2. The predicted octanol–water partition coefficient (Wildman–Crippen LogP) is 11.4. The van der Waals surface area contributed by atoms with Crippen LogP contribution >= 0.6 is 0 Å². The summed E-state index contributed by atoms with van der Waals surface area (Å²) < 4.78 is 22.7. The first-order valence-corrected chi connectivity index (χ1v) is 31.7. The SMILES string of the molecule is CCCCC/C=C/CC/C=C/CC/C=C/C(O)C(COC1OC(CO)C(OC2OC(CO)C(O)C(O)C2O)C(O)C1O)NC(=O)CCCCCCCCCCCCCCCCCCCCCCCCCCCCCCCC. The molecule has 14 nitrogen and oxygen atoms in total. The van der Waals surface area contributed by atoms with Gasteiger partial charge in [-0.15, -0.1) is 0 Å². The van der Waals surface area contributed by atoms with E-state index in [1.807, 2.05) is 6.08 Å². The van der Waals surface area contributed by atoms with Gasteiger partial charge in [0.25, 0.3) is 0 Å². The summed E-state index contributed by atoms with van der Waals surface area (Å²) in [6, 6.07) is -0.935. The number of carbonyl (C=O) groups is 1. The summed E-state index contributed by atoms with van der Waals surface area (Å²) >= 11 is 0. The molecule has 0 aromatic heterocycles. The van der Waals surface area contributed by atoms with E-state index in [1.165, 1.54) is 186 Å². The molecular weight excluding hydrogens is 979 g/mol. The van der Waals surface area contributed by atoms with Crippen LogP contribution in [0.2, 0.25) is 0 Å². The molecule has 12 unspecified atom stereocenters. The van der Waals surface area contributed by atoms with Gasteiger partial charge in [0.2, 0.25) is 5.91 Å². The first-order valence-electron chi connectivity index (χ1n) is 31.7. The standard InChI is InChI=1S/C63H117NO13/c1-3-5-7-9-11-13-15-17-18-19-20-21-22-23-24-25-26-27-28-29-30-31-32-33-35-37-39-41-43-45-47-55(68)64-51(52(67)46-44-42-40-38-36-34-16-14-12-10-8-6-4-2)50-74-62-60(73)58(71)61(54(49-66)76-62)77-63-59(72)57(70)56(69)53(48-65)75-63/h12,14,36,38,44,46,51-54,56-63,65-67,69-73H,3-11,13,15-35,37,39-43,45,47-50H2,1-2H3,(H,64,68)/b14-12+,38-36+,46-44+. The van der Waals surface area contributed by atoms with Crippen molar-refractivity contribution in [2.75, 3.05) is 19.8 Å². The number of allylic oxidation sites excluding steroid dienone is 5. The normalized spacial score (nSPS) is 24.9. The summed E-state index contributed by atoms with van der Waals surface area (Å²) in [5.41, 5.74) is 0. The van der Waals surface area contributed by atoms with Crippen molar-refractivity contribution < 1.29 is 64.6 Å². The lowest BCUT2D eigenvalue weighted by molar-refractivity contribution is -0.359. The number of hydrogen-bond donors (Lipinski definition) is 9. The Morgan fingerprint density at radius 1 is 0.455 bits per heavy atom. The first-order chi connectivity index (χ1) is 37.6. The van der Waals surface area contributed by atoms with Gasteiger partial charge in [0.05, 0.1) is 32.0 Å². The van der Waals surface area contributed by atoms with Crippen LogP contribution in [0, 0.1) is 0 Å². The largest absolute Gasteiger partial charge is 0.394 e. The van der Waals surface area contributed by atoms with Crippen LogP contribution in [0.4, 0.5) is 0 Å². The van der Waals surface area contributed by atoms with E-state index in [9.17, 15) is 45.6 Å². The fourth-order valence-corrected chi connectivity index (χ4v) is 10.4. The maximum absolute atomic E-state index is 13.2. The van der Waals surface area contributed by atoms with Gasteiger partial charge in [0.1, 0.15) is 48.8 Å². The highest BCUT2D eigenvalue weighted by molar-refractivity contribution is 5.76. The fourth-order valence-electron chi connectivity index (χ4n) is 10.4. The third-order valence-corrected chi connectivity index (χ3v) is 15.6. The molecule has 0 radical (unpaired) electrons. The van der Waals surface area contributed by atoms with E-state index in [4.69, 9.17) is 18.9 Å². The van der Waals surface area contributed by atoms with Crippen LogP contribution in [0.15, 0.2) is 36.5 Å². The lowest BCUT2D eigenvalue weighted by Crippen LogP contribution is -2.65. The predicted molar refractivity (Wildman–Crippen MR) is 309 cm³/mol. The van der Waals surface area contributed by atoms with E-state index in [0.717, 1.165) is 44.9 Å². The van der Waals surface area contributed by atoms with E-state index in [-0.39, 0.29) is 18.9 Å². The molecule has 14 heteroatoms. The number of hydrogen-bond acceptors (Lipinski definition) is 13. The maximum Gasteiger partial charge on any atom is 0.220 e. The molecule has 0 aromatic rings. The molecule has 12 atom stereocenters. The zero-order chi connectivity index (χ0) is 56.0. The van der Waals surface area contributed by atoms with Crippen LogP contribution in [-0.4, -0.2) is 140 Å². The van der Waals surface area contributed by atoms with Gasteiger partial charge in [-0.2, -0.15) is 0 Å². The highest BCUT2D eigenvalue weighted by Gasteiger charge is 2.51. The molecule has 0 spiro atoms. The molecule has 0 saturated carbocycles. The number of nitrogens with one attached hydrogen (secondary N) is 1. The second-order valence-corrected chi connectivity index (χ2v) is 22.5. The highest BCUT2D eigenvalue weighted by Crippen LogP contribution is 2.30. The van der Waals surface area contributed by atoms with E-state index >= 15 is 0 Å². The number of ether oxygens (including phenoxy) is 4. The zero-order valence-electron chi connectivity index (χ0n) is 48.7. The Labute approximate surface area is 468 Å². The lowest BCUT2D eigenvalue weighted by atomic mass is 9.97. The molecule has 452 valence electrons. The zero-order valence-corrected chi connectivity index (χ0v) is 48.7. The topological polar surface area (TPSA) is 228 Å². The second kappa shape index (κ2) is 48.9. The minimum atomic E-state index is -1.79. The number of aliphatic hydroxyl groups excluding tert-OH is 8. The molecule has 2 saturated heterocycles. The monoisotopic (exact) mass is 1100 g/mol. The van der Waals surface area contributed by atoms with Crippen LogP contribution in [-0.2, 0) is 23.7 Å². The Kier molecular flexibility index (Phi) is 45.3. The minimum Gasteiger partial charge on any atom is -0.394 e. The molecule has 2 aliphatic heterocycles. The Bertz CT molecular complexity index is 1430. The van der Waals surface area contributed by atoms with Crippen molar-refractivity contribution in [2.24, 2.45) is 0 Å². The lowest BCUT2D eigenvalue weighted by Gasteiger charge is -2.46. The van der Waals surface area contributed by atoms with Gasteiger partial charge in [0, 0.05) is 6.42 Å². The third kappa shape index (κ3) is 34.3. The van der Waals surface area contributed by atoms with Crippen molar-refractivity contribution in [1.82, 2.24) is 5.32 Å². The molecule has 77 heavy (non-hydrogen) atoms. The summed E-state index contributed by atoms with van der Waals surface area (Å²) in [5, 5.41) is 87.0. The number of amides is 1. The fraction of sp³-hybridized carbons (Fsp3) is 0.889. The Morgan fingerprint density at radius 3 is 1.27 bits per heavy atom. The molecule has 2 fully saturated rings. The second-order valence-electron chi connectivity index (χ2n) is 22.5. The van der Waals surface area contributed by atoms with Crippen molar-refractivity contribution in [3.8, 4) is 0 Å². The molecule has 0 bridgehead atoms. The number of unbranched alkanes of at least 4 members (excludes halogenated alkanes) is 34. The van der Waals surface area contributed by atoms with Gasteiger partial charge in [-0.05, 0) is 44.9 Å². The van der Waals surface area contributed by atoms with Crippen molar-refractivity contribution in [3.05, 3.63) is 36.5 Å². The molecule has 0 aliphatic carbocycles. The Hall–Kier alpha value is -1.79. The van der Waals surface area contributed by atoms with Crippen LogP contribution in [0.5, 0.6) is 0 Å². The molecule has 9 N–H and O–H groups in total. The van der Waals surface area contributed by atoms with Crippen molar-refractivity contribution in [1.29, 1.82) is 0 Å². The number of aliphatic hydroxyl groups is 8. The minimum absolute atomic E-state index is 0.250. The number of carbonyl (C=O) groups excluding carboxylic acids is 1. The summed E-state index contributed by atoms with van der Waals surface area (Å²) in [5.74, 6) is -0.250. The Balaban J connectivity index is 1.65. The van der Waals surface area contributed by atoms with Gasteiger partial charge in [-0.1, -0.05) is 249 Å². The molecule has 1 amide bonds. The van der Waals surface area contributed by atoms with E-state index in [1.54, 1.807) is 6.08 Å². The molecule has 2 heterocycles. The van der Waals surface area contributed by atoms with E-state index < -0.39 is 86.8 Å². The molecule has 2 rings (SSSR count). The summed E-state index contributed by atoms with van der Waals surface area (Å²) in [6.07, 6.45) is 43.6. The van der Waals surface area contributed by atoms with Crippen molar-refractivity contribution in [3.63, 3.8) is 0 Å². The average molecular weight is 1100 g/mol. The smallest absolute Gasteiger partial charge is 0.220 e. The van der Waals surface area contributed by atoms with Crippen LogP contribution < -0.4 is 5.32 Å². The van der Waals surface area contributed by atoms with E-state index in [0.29, 0.717) is 12.8 Å². The number of rotatable bonds is 51. The maximum atomic E-state index is 13.2. The van der Waals surface area contributed by atoms with Gasteiger partial charge < -0.3 is 65.1 Å². The third-order valence-electron chi connectivity index (χ3n) is 15.6. The summed E-state index contributed by atoms with van der Waals surface area (Å²) in [6.45, 7) is 2.76. The van der Waals surface area contributed by atoms with Gasteiger partial charge in [0.15, 0.2) is 12.6 Å². The van der Waals surface area contributed by atoms with Gasteiger partial charge in [-0.25, -0.2) is 0 Å². The first kappa shape index (κ1) is 71.3. The molecule has 2 aliphatic rings. The van der Waals surface area contributed by atoms with Crippen molar-refractivity contribution >= 4 is 5.91 Å². The average Bonchev–Trinajstić information content (AvgIpc) is 3.44. The molecular formula is C63H117NO13. The van der Waals surface area contributed by atoms with Crippen molar-refractivity contribution in [2.45, 2.75) is 338 Å².